The Bertz CT molecular complexity index is 886. The van der Waals surface area contributed by atoms with Gasteiger partial charge in [0.2, 0.25) is 0 Å². The van der Waals surface area contributed by atoms with Crippen molar-refractivity contribution in [2.45, 2.75) is 19.4 Å². The number of anilines is 1. The highest BCUT2D eigenvalue weighted by atomic mass is 19.1. The van der Waals surface area contributed by atoms with Crippen LogP contribution in [0.5, 0.6) is 5.75 Å². The van der Waals surface area contributed by atoms with Gasteiger partial charge in [0.15, 0.2) is 6.10 Å². The smallest absolute Gasteiger partial charge is 0.265 e. The molecule has 1 N–H and O–H groups in total. The van der Waals surface area contributed by atoms with Crippen LogP contribution in [0.2, 0.25) is 0 Å². The van der Waals surface area contributed by atoms with Crippen molar-refractivity contribution in [1.29, 1.82) is 0 Å². The number of fused-ring (bicyclic) bond motifs is 1. The number of halogens is 2. The van der Waals surface area contributed by atoms with E-state index in [1.54, 1.807) is 13.0 Å². The number of carbonyl (C=O) groups is 1. The van der Waals surface area contributed by atoms with E-state index in [1.807, 2.05) is 36.4 Å². The van der Waals surface area contributed by atoms with Crippen molar-refractivity contribution in [2.75, 3.05) is 5.32 Å². The molecule has 0 aliphatic heterocycles. The molecule has 128 valence electrons. The molecule has 0 fully saturated rings. The van der Waals surface area contributed by atoms with Crippen molar-refractivity contribution < 1.29 is 18.3 Å². The van der Waals surface area contributed by atoms with Gasteiger partial charge < -0.3 is 10.1 Å². The molecule has 0 bridgehead atoms. The van der Waals surface area contributed by atoms with Crippen LogP contribution in [-0.4, -0.2) is 12.0 Å². The summed E-state index contributed by atoms with van der Waals surface area (Å²) in [6, 6.07) is 16.6. The fourth-order valence-corrected chi connectivity index (χ4v) is 2.59. The number of benzene rings is 3. The third kappa shape index (κ3) is 3.60. The molecule has 0 heterocycles. The molecule has 3 nitrogen and oxygen atoms in total. The number of amides is 1. The second-order valence-electron chi connectivity index (χ2n) is 5.58. The van der Waals surface area contributed by atoms with Crippen LogP contribution < -0.4 is 10.1 Å². The quantitative estimate of drug-likeness (QED) is 0.716. The van der Waals surface area contributed by atoms with Crippen molar-refractivity contribution in [3.63, 3.8) is 0 Å². The highest BCUT2D eigenvalue weighted by Crippen LogP contribution is 2.27. The van der Waals surface area contributed by atoms with Gasteiger partial charge >= 0.3 is 0 Å². The van der Waals surface area contributed by atoms with Gasteiger partial charge in [-0.1, -0.05) is 49.4 Å². The minimum atomic E-state index is -0.871. The zero-order valence-corrected chi connectivity index (χ0v) is 13.6. The third-order valence-electron chi connectivity index (χ3n) is 3.89. The minimum Gasteiger partial charge on any atom is -0.480 e. The first-order valence-electron chi connectivity index (χ1n) is 7.99. The van der Waals surface area contributed by atoms with Gasteiger partial charge in [-0.2, -0.15) is 0 Å². The van der Waals surface area contributed by atoms with Crippen molar-refractivity contribution in [1.82, 2.24) is 0 Å². The summed E-state index contributed by atoms with van der Waals surface area (Å²) in [5, 5.41) is 4.13. The first-order chi connectivity index (χ1) is 12.1. The van der Waals surface area contributed by atoms with E-state index in [1.165, 1.54) is 6.07 Å². The second kappa shape index (κ2) is 7.30. The van der Waals surface area contributed by atoms with E-state index in [0.29, 0.717) is 12.2 Å². The molecule has 0 aliphatic carbocycles. The SMILES string of the molecule is CCC(Oc1cccc2ccccc12)C(=O)Nc1c(F)cccc1F. The van der Waals surface area contributed by atoms with Gasteiger partial charge in [-0.25, -0.2) is 8.78 Å². The molecule has 0 radical (unpaired) electrons. The molecule has 1 unspecified atom stereocenters. The van der Waals surface area contributed by atoms with Gasteiger partial charge in [-0.15, -0.1) is 0 Å². The molecule has 0 saturated carbocycles. The van der Waals surface area contributed by atoms with Crippen molar-refractivity contribution >= 4 is 22.4 Å². The lowest BCUT2D eigenvalue weighted by atomic mass is 10.1. The monoisotopic (exact) mass is 341 g/mol. The van der Waals surface area contributed by atoms with E-state index < -0.39 is 29.3 Å². The zero-order chi connectivity index (χ0) is 17.8. The van der Waals surface area contributed by atoms with E-state index in [0.717, 1.165) is 22.9 Å². The first-order valence-corrected chi connectivity index (χ1v) is 7.99. The Morgan fingerprint density at radius 3 is 2.36 bits per heavy atom. The van der Waals surface area contributed by atoms with Crippen molar-refractivity contribution in [3.05, 3.63) is 72.3 Å². The Balaban J connectivity index is 1.83. The highest BCUT2D eigenvalue weighted by molar-refractivity contribution is 5.95. The van der Waals surface area contributed by atoms with Crippen LogP contribution in [0.3, 0.4) is 0 Å². The zero-order valence-electron chi connectivity index (χ0n) is 13.6. The van der Waals surface area contributed by atoms with Crippen molar-refractivity contribution in [2.24, 2.45) is 0 Å². The van der Waals surface area contributed by atoms with Crippen LogP contribution in [0.15, 0.2) is 60.7 Å². The predicted octanol–water partition coefficient (Wildman–Crippen LogP) is 4.91. The number of ether oxygens (including phenoxy) is 1. The summed E-state index contributed by atoms with van der Waals surface area (Å²) in [7, 11) is 0. The van der Waals surface area contributed by atoms with E-state index >= 15 is 0 Å². The van der Waals surface area contributed by atoms with Gasteiger partial charge in [-0.05, 0) is 30.0 Å². The van der Waals surface area contributed by atoms with E-state index in [4.69, 9.17) is 4.74 Å². The second-order valence-corrected chi connectivity index (χ2v) is 5.58. The van der Waals surface area contributed by atoms with Gasteiger partial charge in [0.25, 0.3) is 5.91 Å². The van der Waals surface area contributed by atoms with Gasteiger partial charge in [0.1, 0.15) is 23.1 Å². The Hall–Kier alpha value is -2.95. The minimum absolute atomic E-state index is 0.352. The van der Waals surface area contributed by atoms with Crippen LogP contribution >= 0.6 is 0 Å². The van der Waals surface area contributed by atoms with Crippen LogP contribution in [-0.2, 0) is 4.79 Å². The topological polar surface area (TPSA) is 38.3 Å². The summed E-state index contributed by atoms with van der Waals surface area (Å²) in [5.41, 5.74) is -0.465. The predicted molar refractivity (Wildman–Crippen MR) is 93.6 cm³/mol. The molecule has 0 spiro atoms. The molecule has 0 aromatic heterocycles. The van der Waals surface area contributed by atoms with E-state index in [-0.39, 0.29) is 0 Å². The lowest BCUT2D eigenvalue weighted by Crippen LogP contribution is -2.33. The standard InChI is InChI=1S/C20H17F2NO2/c1-2-17(20(24)23-19-15(21)10-6-11-16(19)22)25-18-12-5-8-13-7-3-4-9-14(13)18/h3-12,17H,2H2,1H3,(H,23,24). The average Bonchev–Trinajstić information content (AvgIpc) is 2.62. The lowest BCUT2D eigenvalue weighted by Gasteiger charge is -2.19. The lowest BCUT2D eigenvalue weighted by molar-refractivity contribution is -0.122. The summed E-state index contributed by atoms with van der Waals surface area (Å²) < 4.78 is 33.3. The fraction of sp³-hybridized carbons (Fsp3) is 0.150. The van der Waals surface area contributed by atoms with Gasteiger partial charge in [0, 0.05) is 5.39 Å². The Labute approximate surface area is 144 Å². The Morgan fingerprint density at radius 2 is 1.64 bits per heavy atom. The number of carbonyl (C=O) groups excluding carboxylic acids is 1. The van der Waals surface area contributed by atoms with Crippen LogP contribution in [0.4, 0.5) is 14.5 Å². The highest BCUT2D eigenvalue weighted by Gasteiger charge is 2.22. The van der Waals surface area contributed by atoms with Crippen LogP contribution in [0.1, 0.15) is 13.3 Å². The summed E-state index contributed by atoms with van der Waals surface area (Å²) in [6.45, 7) is 1.77. The molecule has 25 heavy (non-hydrogen) atoms. The number of rotatable bonds is 5. The van der Waals surface area contributed by atoms with Gasteiger partial charge in [-0.3, -0.25) is 4.79 Å². The maximum Gasteiger partial charge on any atom is 0.265 e. The Morgan fingerprint density at radius 1 is 1.00 bits per heavy atom. The number of nitrogens with one attached hydrogen (secondary N) is 1. The molecule has 3 rings (SSSR count). The normalized spacial score (nSPS) is 12.0. The fourth-order valence-electron chi connectivity index (χ4n) is 2.59. The van der Waals surface area contributed by atoms with Crippen molar-refractivity contribution in [3.8, 4) is 5.75 Å². The van der Waals surface area contributed by atoms with Gasteiger partial charge in [0.05, 0.1) is 0 Å². The number of para-hydroxylation sites is 1. The molecule has 3 aromatic rings. The number of hydrogen-bond acceptors (Lipinski definition) is 2. The molecular formula is C20H17F2NO2. The summed E-state index contributed by atoms with van der Waals surface area (Å²) >= 11 is 0. The molecule has 1 atom stereocenters. The third-order valence-corrected chi connectivity index (χ3v) is 3.89. The molecule has 3 aromatic carbocycles. The molecule has 1 amide bonds. The molecular weight excluding hydrogens is 324 g/mol. The average molecular weight is 341 g/mol. The van der Waals surface area contributed by atoms with Crippen LogP contribution in [0, 0.1) is 11.6 Å². The van der Waals surface area contributed by atoms with Crippen LogP contribution in [0.25, 0.3) is 10.8 Å². The molecule has 5 heteroatoms. The maximum absolute atomic E-state index is 13.7. The summed E-state index contributed by atoms with van der Waals surface area (Å²) in [5.74, 6) is -1.70. The summed E-state index contributed by atoms with van der Waals surface area (Å²) in [4.78, 5) is 12.4. The number of hydrogen-bond donors (Lipinski definition) is 1. The van der Waals surface area contributed by atoms with E-state index in [9.17, 15) is 13.6 Å². The molecule has 0 aliphatic rings. The first kappa shape index (κ1) is 16.9. The maximum atomic E-state index is 13.7. The molecule has 0 saturated heterocycles. The summed E-state index contributed by atoms with van der Waals surface area (Å²) in [6.07, 6.45) is -0.518. The Kier molecular flexibility index (Phi) is 4.93. The largest absolute Gasteiger partial charge is 0.480 e. The van der Waals surface area contributed by atoms with E-state index in [2.05, 4.69) is 5.32 Å².